The van der Waals surface area contributed by atoms with Gasteiger partial charge in [0.05, 0.1) is 6.54 Å². The van der Waals surface area contributed by atoms with Crippen LogP contribution in [0.2, 0.25) is 0 Å². The predicted molar refractivity (Wildman–Crippen MR) is 103 cm³/mol. The molecule has 0 amide bonds. The van der Waals surface area contributed by atoms with Crippen LogP contribution in [-0.2, 0) is 26.6 Å². The zero-order valence-electron chi connectivity index (χ0n) is 15.6. The molecule has 9 nitrogen and oxygen atoms in total. The maximum Gasteiger partial charge on any atom is 0.191 e. The Kier molecular flexibility index (Phi) is 6.48. The van der Waals surface area contributed by atoms with Gasteiger partial charge in [0.1, 0.15) is 24.5 Å². The van der Waals surface area contributed by atoms with E-state index in [9.17, 15) is 0 Å². The lowest BCUT2D eigenvalue weighted by Gasteiger charge is -2.25. The van der Waals surface area contributed by atoms with E-state index in [0.29, 0.717) is 6.54 Å². The number of rotatable bonds is 7. The Balaban J connectivity index is 1.62. The highest BCUT2D eigenvalue weighted by Crippen LogP contribution is 2.11. The summed E-state index contributed by atoms with van der Waals surface area (Å²) in [7, 11) is 1.96. The zero-order chi connectivity index (χ0) is 18.4. The molecule has 0 aliphatic carbocycles. The van der Waals surface area contributed by atoms with Crippen LogP contribution in [0.1, 0.15) is 30.3 Å². The third-order valence-electron chi connectivity index (χ3n) is 4.53. The summed E-state index contributed by atoms with van der Waals surface area (Å²) in [4.78, 5) is 9.01. The van der Waals surface area contributed by atoms with E-state index in [1.165, 1.54) is 0 Å². The molecule has 0 aromatic carbocycles. The Hall–Kier alpha value is -2.10. The molecule has 0 spiro atoms. The molecule has 142 valence electrons. The number of nitrogens with one attached hydrogen (secondary N) is 2. The summed E-state index contributed by atoms with van der Waals surface area (Å²) in [5, 5.41) is 19.6. The fourth-order valence-electron chi connectivity index (χ4n) is 2.86. The first kappa shape index (κ1) is 18.7. The van der Waals surface area contributed by atoms with E-state index in [-0.39, 0.29) is 6.04 Å². The summed E-state index contributed by atoms with van der Waals surface area (Å²) in [5.74, 6) is 4.76. The molecular formula is C16H27N9S. The van der Waals surface area contributed by atoms with Gasteiger partial charge >= 0.3 is 0 Å². The summed E-state index contributed by atoms with van der Waals surface area (Å²) >= 11 is 1.86. The molecule has 0 saturated heterocycles. The highest BCUT2D eigenvalue weighted by molar-refractivity contribution is 7.98. The number of hydrogen-bond donors (Lipinski definition) is 2. The van der Waals surface area contributed by atoms with E-state index in [0.717, 1.165) is 61.5 Å². The molecule has 3 heterocycles. The SMILES string of the molecule is CSCCCNC(=NCc1nnc(C)n1C)NC1CCc2ncnn2C1. The largest absolute Gasteiger partial charge is 0.356 e. The number of fused-ring (bicyclic) bond motifs is 1. The molecule has 1 aliphatic heterocycles. The van der Waals surface area contributed by atoms with Crippen molar-refractivity contribution in [1.82, 2.24) is 40.2 Å². The van der Waals surface area contributed by atoms with E-state index < -0.39 is 0 Å². The van der Waals surface area contributed by atoms with Gasteiger partial charge in [-0.25, -0.2) is 14.7 Å². The van der Waals surface area contributed by atoms with Crippen LogP contribution in [0, 0.1) is 6.92 Å². The van der Waals surface area contributed by atoms with Gasteiger partial charge in [0.25, 0.3) is 0 Å². The zero-order valence-corrected chi connectivity index (χ0v) is 16.5. The standard InChI is InChI=1S/C16H27N9S/c1-12-22-23-15(24(12)2)9-18-16(17-7-4-8-26-3)21-13-5-6-14-19-11-20-25(14)10-13/h11,13H,4-10H2,1-3H3,(H2,17,18,21). The third kappa shape index (κ3) is 4.75. The molecule has 2 aromatic rings. The number of aromatic nitrogens is 6. The van der Waals surface area contributed by atoms with Crippen molar-refractivity contribution in [3.63, 3.8) is 0 Å². The molecule has 0 saturated carbocycles. The molecule has 2 aromatic heterocycles. The molecule has 2 N–H and O–H groups in total. The van der Waals surface area contributed by atoms with Crippen LogP contribution >= 0.6 is 11.8 Å². The highest BCUT2D eigenvalue weighted by atomic mass is 32.2. The van der Waals surface area contributed by atoms with Crippen LogP contribution in [0.5, 0.6) is 0 Å². The van der Waals surface area contributed by atoms with Crippen molar-refractivity contribution in [3.8, 4) is 0 Å². The van der Waals surface area contributed by atoms with Gasteiger partial charge in [0.15, 0.2) is 11.8 Å². The lowest BCUT2D eigenvalue weighted by Crippen LogP contribution is -2.47. The molecule has 1 unspecified atom stereocenters. The van der Waals surface area contributed by atoms with Crippen LogP contribution in [0.25, 0.3) is 0 Å². The molecule has 0 radical (unpaired) electrons. The smallest absolute Gasteiger partial charge is 0.191 e. The van der Waals surface area contributed by atoms with Crippen LogP contribution in [0.15, 0.2) is 11.3 Å². The van der Waals surface area contributed by atoms with Gasteiger partial charge in [-0.15, -0.1) is 10.2 Å². The summed E-state index contributed by atoms with van der Waals surface area (Å²) in [6, 6.07) is 0.289. The molecule has 1 atom stereocenters. The Labute approximate surface area is 158 Å². The molecule has 0 bridgehead atoms. The summed E-state index contributed by atoms with van der Waals surface area (Å²) < 4.78 is 3.94. The molecule has 1 aliphatic rings. The lowest BCUT2D eigenvalue weighted by molar-refractivity contribution is 0.392. The third-order valence-corrected chi connectivity index (χ3v) is 5.22. The van der Waals surface area contributed by atoms with Gasteiger partial charge in [0, 0.05) is 26.1 Å². The molecule has 3 rings (SSSR count). The quantitative estimate of drug-likeness (QED) is 0.412. The van der Waals surface area contributed by atoms with E-state index in [4.69, 9.17) is 4.99 Å². The topological polar surface area (TPSA) is 97.8 Å². The summed E-state index contributed by atoms with van der Waals surface area (Å²) in [6.45, 7) is 4.14. The normalized spacial score (nSPS) is 17.2. The maximum absolute atomic E-state index is 4.72. The number of hydrogen-bond acceptors (Lipinski definition) is 6. The second-order valence-electron chi connectivity index (χ2n) is 6.40. The van der Waals surface area contributed by atoms with Crippen LogP contribution in [0.4, 0.5) is 0 Å². The molecule has 26 heavy (non-hydrogen) atoms. The highest BCUT2D eigenvalue weighted by Gasteiger charge is 2.20. The second kappa shape index (κ2) is 9.02. The monoisotopic (exact) mass is 377 g/mol. The number of aryl methyl sites for hydroxylation is 2. The first-order chi connectivity index (χ1) is 12.7. The molecular weight excluding hydrogens is 350 g/mol. The number of thioether (sulfide) groups is 1. The van der Waals surface area contributed by atoms with Crippen LogP contribution in [-0.4, -0.2) is 60.1 Å². The minimum Gasteiger partial charge on any atom is -0.356 e. The Bertz CT molecular complexity index is 736. The van der Waals surface area contributed by atoms with Crippen molar-refractivity contribution in [2.24, 2.45) is 12.0 Å². The minimum absolute atomic E-state index is 0.289. The van der Waals surface area contributed by atoms with E-state index in [1.807, 2.05) is 35.0 Å². The van der Waals surface area contributed by atoms with Crippen molar-refractivity contribution >= 4 is 17.7 Å². The predicted octanol–water partition coefficient (Wildman–Crippen LogP) is 0.518. The van der Waals surface area contributed by atoms with Crippen molar-refractivity contribution < 1.29 is 0 Å². The van der Waals surface area contributed by atoms with E-state index >= 15 is 0 Å². The minimum atomic E-state index is 0.289. The van der Waals surface area contributed by atoms with E-state index in [1.54, 1.807) is 6.33 Å². The van der Waals surface area contributed by atoms with Gasteiger partial charge in [-0.05, 0) is 31.8 Å². The first-order valence-electron chi connectivity index (χ1n) is 8.92. The number of nitrogens with zero attached hydrogens (tertiary/aromatic N) is 7. The second-order valence-corrected chi connectivity index (χ2v) is 7.38. The van der Waals surface area contributed by atoms with Gasteiger partial charge in [-0.1, -0.05) is 0 Å². The maximum atomic E-state index is 4.72. The first-order valence-corrected chi connectivity index (χ1v) is 10.3. The van der Waals surface area contributed by atoms with Crippen LogP contribution < -0.4 is 10.6 Å². The number of guanidine groups is 1. The van der Waals surface area contributed by atoms with Crippen molar-refractivity contribution in [3.05, 3.63) is 23.8 Å². The van der Waals surface area contributed by atoms with Crippen molar-refractivity contribution in [2.75, 3.05) is 18.6 Å². The number of aliphatic imine (C=N–C) groups is 1. The van der Waals surface area contributed by atoms with Gasteiger partial charge < -0.3 is 15.2 Å². The van der Waals surface area contributed by atoms with Crippen molar-refractivity contribution in [1.29, 1.82) is 0 Å². The summed E-state index contributed by atoms with van der Waals surface area (Å²) in [6.07, 6.45) is 6.81. The molecule has 10 heteroatoms. The Morgan fingerprint density at radius 2 is 2.31 bits per heavy atom. The fraction of sp³-hybridized carbons (Fsp3) is 0.688. The molecule has 0 fully saturated rings. The van der Waals surface area contributed by atoms with Gasteiger partial charge in [0.2, 0.25) is 0 Å². The average Bonchev–Trinajstić information content (AvgIpc) is 3.23. The Morgan fingerprint density at radius 1 is 1.42 bits per heavy atom. The van der Waals surface area contributed by atoms with Crippen molar-refractivity contribution in [2.45, 2.75) is 45.3 Å². The average molecular weight is 378 g/mol. The van der Waals surface area contributed by atoms with Gasteiger partial charge in [-0.3, -0.25) is 0 Å². The van der Waals surface area contributed by atoms with Crippen LogP contribution in [0.3, 0.4) is 0 Å². The fourth-order valence-corrected chi connectivity index (χ4v) is 3.30. The summed E-state index contributed by atoms with van der Waals surface area (Å²) in [5.41, 5.74) is 0. The van der Waals surface area contributed by atoms with E-state index in [2.05, 4.69) is 37.2 Å². The van der Waals surface area contributed by atoms with Gasteiger partial charge in [-0.2, -0.15) is 16.9 Å². The Morgan fingerprint density at radius 3 is 3.08 bits per heavy atom. The lowest BCUT2D eigenvalue weighted by atomic mass is 10.1.